The van der Waals surface area contributed by atoms with Crippen molar-refractivity contribution < 1.29 is 4.74 Å². The van der Waals surface area contributed by atoms with Crippen LogP contribution in [0.15, 0.2) is 71.7 Å². The Balaban J connectivity index is 2.08. The highest BCUT2D eigenvalue weighted by Gasteiger charge is 2.17. The highest BCUT2D eigenvalue weighted by atomic mass is 16.5. The Morgan fingerprint density at radius 3 is 2.62 bits per heavy atom. The molecule has 126 valence electrons. The van der Waals surface area contributed by atoms with Gasteiger partial charge in [0.25, 0.3) is 5.56 Å². The molecule has 0 aliphatic rings. The first-order valence-electron chi connectivity index (χ1n) is 8.19. The van der Waals surface area contributed by atoms with Crippen molar-refractivity contribution in [1.29, 1.82) is 0 Å². The zero-order valence-corrected chi connectivity index (χ0v) is 14.0. The van der Waals surface area contributed by atoms with Crippen LogP contribution in [0.3, 0.4) is 0 Å². The van der Waals surface area contributed by atoms with Crippen LogP contribution in [0.2, 0.25) is 0 Å². The van der Waals surface area contributed by atoms with Crippen LogP contribution < -0.4 is 10.3 Å². The van der Waals surface area contributed by atoms with Gasteiger partial charge in [-0.2, -0.15) is 4.98 Å². The van der Waals surface area contributed by atoms with Crippen molar-refractivity contribution in [2.75, 3.05) is 7.11 Å². The molecule has 0 radical (unpaired) electrons. The van der Waals surface area contributed by atoms with Crippen molar-refractivity contribution in [2.24, 2.45) is 0 Å². The second-order valence-electron chi connectivity index (χ2n) is 5.95. The van der Waals surface area contributed by atoms with E-state index >= 15 is 0 Å². The minimum atomic E-state index is -0.275. The zero-order valence-electron chi connectivity index (χ0n) is 14.0. The lowest BCUT2D eigenvalue weighted by molar-refractivity contribution is 0.415. The molecule has 6 nitrogen and oxygen atoms in total. The van der Waals surface area contributed by atoms with Gasteiger partial charge in [-0.25, -0.2) is 4.98 Å². The number of para-hydroxylation sites is 1. The number of imidazole rings is 1. The van der Waals surface area contributed by atoms with Gasteiger partial charge in [0, 0.05) is 18.0 Å². The number of rotatable bonds is 2. The Bertz CT molecular complexity index is 1340. The van der Waals surface area contributed by atoms with Gasteiger partial charge < -0.3 is 4.74 Å². The van der Waals surface area contributed by atoms with Gasteiger partial charge in [0.1, 0.15) is 5.75 Å². The van der Waals surface area contributed by atoms with E-state index in [1.54, 1.807) is 25.4 Å². The average molecular weight is 342 g/mol. The number of ether oxygens (including phenoxy) is 1. The second-order valence-corrected chi connectivity index (χ2v) is 5.95. The minimum Gasteiger partial charge on any atom is -0.497 e. The van der Waals surface area contributed by atoms with Crippen LogP contribution >= 0.6 is 0 Å². The molecule has 26 heavy (non-hydrogen) atoms. The van der Waals surface area contributed by atoms with E-state index in [4.69, 9.17) is 4.74 Å². The lowest BCUT2D eigenvalue weighted by atomic mass is 10.2. The summed E-state index contributed by atoms with van der Waals surface area (Å²) in [5, 5.41) is 0.529. The summed E-state index contributed by atoms with van der Waals surface area (Å²) >= 11 is 0. The first-order valence-corrected chi connectivity index (χ1v) is 8.19. The Kier molecular flexibility index (Phi) is 3.05. The number of fused-ring (bicyclic) bond motifs is 5. The maximum atomic E-state index is 12.7. The lowest BCUT2D eigenvalue weighted by Gasteiger charge is -2.07. The largest absolute Gasteiger partial charge is 0.497 e. The predicted molar refractivity (Wildman–Crippen MR) is 100 cm³/mol. The summed E-state index contributed by atoms with van der Waals surface area (Å²) in [5.74, 6) is 1.20. The Hall–Kier alpha value is -3.67. The number of hydrogen-bond donors (Lipinski definition) is 0. The van der Waals surface area contributed by atoms with E-state index in [2.05, 4.69) is 9.97 Å². The maximum absolute atomic E-state index is 12.7. The van der Waals surface area contributed by atoms with E-state index in [1.807, 2.05) is 57.5 Å². The van der Waals surface area contributed by atoms with E-state index in [9.17, 15) is 4.79 Å². The number of methoxy groups -OCH3 is 1. The van der Waals surface area contributed by atoms with Gasteiger partial charge in [0.2, 0.25) is 5.78 Å². The van der Waals surface area contributed by atoms with Gasteiger partial charge in [0.05, 0.1) is 23.5 Å². The van der Waals surface area contributed by atoms with Crippen LogP contribution in [0.25, 0.3) is 33.5 Å². The molecule has 6 heteroatoms. The molecule has 2 aromatic carbocycles. The van der Waals surface area contributed by atoms with Crippen LogP contribution in [0.5, 0.6) is 5.75 Å². The van der Waals surface area contributed by atoms with Crippen LogP contribution in [0.1, 0.15) is 0 Å². The molecule has 0 saturated carbocycles. The topological polar surface area (TPSA) is 61.4 Å². The van der Waals surface area contributed by atoms with Crippen molar-refractivity contribution in [2.45, 2.75) is 0 Å². The molecule has 0 spiro atoms. The van der Waals surface area contributed by atoms with Crippen molar-refractivity contribution >= 4 is 27.8 Å². The molecule has 3 heterocycles. The molecule has 0 aliphatic carbocycles. The van der Waals surface area contributed by atoms with E-state index in [0.29, 0.717) is 16.9 Å². The third-order valence-electron chi connectivity index (χ3n) is 4.51. The molecule has 0 atom stereocenters. The highest BCUT2D eigenvalue weighted by molar-refractivity contribution is 5.89. The molecular formula is C20H14N4O2. The summed E-state index contributed by atoms with van der Waals surface area (Å²) in [6.07, 6.45) is 1.74. The van der Waals surface area contributed by atoms with Crippen LogP contribution in [-0.2, 0) is 0 Å². The van der Waals surface area contributed by atoms with Crippen LogP contribution in [0, 0.1) is 0 Å². The molecule has 3 aromatic heterocycles. The van der Waals surface area contributed by atoms with E-state index in [-0.39, 0.29) is 5.56 Å². The molecule has 0 aliphatic heterocycles. The van der Waals surface area contributed by atoms with Crippen molar-refractivity contribution in [1.82, 2.24) is 18.9 Å². The maximum Gasteiger partial charge on any atom is 0.282 e. The van der Waals surface area contributed by atoms with Gasteiger partial charge in [-0.1, -0.05) is 18.2 Å². The lowest BCUT2D eigenvalue weighted by Crippen LogP contribution is -2.12. The average Bonchev–Trinajstić information content (AvgIpc) is 3.02. The standard InChI is InChI=1S/C20H14N4O2/c1-26-14-9-10-15-17(12-14)24-18-16(8-5-11-21-18)23(20(24)22-19(15)25)13-6-3-2-4-7-13/h2-12H,1H3. The van der Waals surface area contributed by atoms with Gasteiger partial charge in [-0.05, 0) is 36.4 Å². The SMILES string of the molecule is COc1ccc2c(=O)nc3n(-c4ccccc4)c4cccnc4n3c2c1. The van der Waals surface area contributed by atoms with Crippen molar-refractivity contribution in [3.63, 3.8) is 0 Å². The van der Waals surface area contributed by atoms with Gasteiger partial charge in [-0.15, -0.1) is 0 Å². The summed E-state index contributed by atoms with van der Waals surface area (Å²) in [6.45, 7) is 0. The molecule has 0 unspecified atom stereocenters. The van der Waals surface area contributed by atoms with Crippen LogP contribution in [-0.4, -0.2) is 26.0 Å². The molecule has 5 aromatic rings. The molecule has 0 amide bonds. The first kappa shape index (κ1) is 14.7. The van der Waals surface area contributed by atoms with E-state index in [0.717, 1.165) is 22.4 Å². The Morgan fingerprint density at radius 1 is 0.962 bits per heavy atom. The molecule has 0 bridgehead atoms. The molecular weight excluding hydrogens is 328 g/mol. The molecule has 0 N–H and O–H groups in total. The number of pyridine rings is 1. The highest BCUT2D eigenvalue weighted by Crippen LogP contribution is 2.27. The summed E-state index contributed by atoms with van der Waals surface area (Å²) in [4.78, 5) is 21.6. The number of benzene rings is 2. The number of hydrogen-bond acceptors (Lipinski definition) is 4. The molecule has 5 rings (SSSR count). The fourth-order valence-corrected chi connectivity index (χ4v) is 3.35. The van der Waals surface area contributed by atoms with Gasteiger partial charge in [-0.3, -0.25) is 13.8 Å². The van der Waals surface area contributed by atoms with Crippen molar-refractivity contribution in [3.05, 3.63) is 77.2 Å². The molecule has 0 fully saturated rings. The first-order chi connectivity index (χ1) is 12.8. The number of nitrogens with zero attached hydrogens (tertiary/aromatic N) is 4. The second kappa shape index (κ2) is 5.42. The van der Waals surface area contributed by atoms with Gasteiger partial charge >= 0.3 is 0 Å². The minimum absolute atomic E-state index is 0.275. The van der Waals surface area contributed by atoms with Crippen LogP contribution in [0.4, 0.5) is 0 Å². The normalized spacial score (nSPS) is 11.4. The number of aromatic nitrogens is 4. The summed E-state index contributed by atoms with van der Waals surface area (Å²) < 4.78 is 9.20. The Morgan fingerprint density at radius 2 is 1.81 bits per heavy atom. The Labute approximate surface area is 147 Å². The smallest absolute Gasteiger partial charge is 0.282 e. The third-order valence-corrected chi connectivity index (χ3v) is 4.51. The summed E-state index contributed by atoms with van der Waals surface area (Å²) in [6, 6.07) is 19.0. The summed E-state index contributed by atoms with van der Waals surface area (Å²) in [5.41, 5.74) is 2.97. The van der Waals surface area contributed by atoms with Crippen molar-refractivity contribution in [3.8, 4) is 11.4 Å². The van der Waals surface area contributed by atoms with Gasteiger partial charge in [0.15, 0.2) is 5.65 Å². The zero-order chi connectivity index (χ0) is 17.7. The fourth-order valence-electron chi connectivity index (χ4n) is 3.35. The van der Waals surface area contributed by atoms with E-state index < -0.39 is 0 Å². The quantitative estimate of drug-likeness (QED) is 0.494. The third kappa shape index (κ3) is 1.96. The predicted octanol–water partition coefficient (Wildman–Crippen LogP) is 3.20. The van der Waals surface area contributed by atoms with E-state index in [1.165, 1.54) is 0 Å². The molecule has 0 saturated heterocycles. The summed E-state index contributed by atoms with van der Waals surface area (Å²) in [7, 11) is 1.60. The fraction of sp³-hybridized carbons (Fsp3) is 0.0500. The monoisotopic (exact) mass is 342 g/mol.